The van der Waals surface area contributed by atoms with Crippen molar-refractivity contribution in [2.75, 3.05) is 0 Å². The van der Waals surface area contributed by atoms with Crippen LogP contribution in [0.5, 0.6) is 0 Å². The highest BCUT2D eigenvalue weighted by atomic mass is 31.1. The van der Waals surface area contributed by atoms with Crippen LogP contribution >= 0.6 is 15.8 Å². The summed E-state index contributed by atoms with van der Waals surface area (Å²) >= 11 is 0. The molecule has 0 saturated carbocycles. The lowest BCUT2D eigenvalue weighted by molar-refractivity contribution is 0.711. The number of hydrogen-bond donors (Lipinski definition) is 0. The zero-order chi connectivity index (χ0) is 20.9. The zero-order valence-electron chi connectivity index (χ0n) is 20.0. The van der Waals surface area contributed by atoms with E-state index in [0.29, 0.717) is 10.3 Å². The van der Waals surface area contributed by atoms with Gasteiger partial charge < -0.3 is 0 Å². The fourth-order valence-corrected chi connectivity index (χ4v) is 13.5. The van der Waals surface area contributed by atoms with Crippen LogP contribution in [0.15, 0.2) is 12.1 Å². The summed E-state index contributed by atoms with van der Waals surface area (Å²) < 4.78 is 0. The van der Waals surface area contributed by atoms with Crippen molar-refractivity contribution < 1.29 is 0 Å². The van der Waals surface area contributed by atoms with Crippen molar-refractivity contribution in [3.05, 3.63) is 23.3 Å². The SMILES string of the molecule is Cc1ccc(P(C(C)(C)C)C(C)(C)C)c(P(C(C)(C)C)C(C)(C)C)c1C. The molecule has 0 unspecified atom stereocenters. The number of aryl methyl sites for hydroxylation is 1. The van der Waals surface area contributed by atoms with Crippen LogP contribution < -0.4 is 10.6 Å². The smallest absolute Gasteiger partial charge is 0.0121 e. The molecule has 0 amide bonds. The van der Waals surface area contributed by atoms with E-state index in [0.717, 1.165) is 0 Å². The minimum Gasteiger partial charge on any atom is -0.0636 e. The van der Waals surface area contributed by atoms with Gasteiger partial charge in [-0.25, -0.2) is 0 Å². The third kappa shape index (κ3) is 5.32. The predicted octanol–water partition coefficient (Wildman–Crippen LogP) is 7.71. The van der Waals surface area contributed by atoms with Crippen molar-refractivity contribution in [2.45, 2.75) is 118 Å². The molecule has 1 aromatic carbocycles. The van der Waals surface area contributed by atoms with Gasteiger partial charge in [-0.05, 0) is 56.2 Å². The molecular weight excluding hydrogens is 350 g/mol. The van der Waals surface area contributed by atoms with Crippen LogP contribution in [0.3, 0.4) is 0 Å². The Morgan fingerprint density at radius 1 is 0.538 bits per heavy atom. The first kappa shape index (κ1) is 24.1. The molecule has 26 heavy (non-hydrogen) atoms. The molecule has 0 spiro atoms. The molecule has 1 rings (SSSR count). The fourth-order valence-electron chi connectivity index (χ4n) is 4.66. The molecule has 150 valence electrons. The average molecular weight is 395 g/mol. The lowest BCUT2D eigenvalue weighted by Crippen LogP contribution is -2.43. The highest BCUT2D eigenvalue weighted by Crippen LogP contribution is 2.63. The normalized spacial score (nSPS) is 14.5. The zero-order valence-corrected chi connectivity index (χ0v) is 21.8. The topological polar surface area (TPSA) is 0 Å². The van der Waals surface area contributed by atoms with Crippen LogP contribution in [0.25, 0.3) is 0 Å². The maximum atomic E-state index is 2.49. The van der Waals surface area contributed by atoms with Crippen LogP contribution in [0, 0.1) is 13.8 Å². The fraction of sp³-hybridized carbons (Fsp3) is 0.750. The molecule has 0 nitrogen and oxygen atoms in total. The Kier molecular flexibility index (Phi) is 6.94. The third-order valence-corrected chi connectivity index (χ3v) is 12.2. The van der Waals surface area contributed by atoms with Gasteiger partial charge in [0.15, 0.2) is 0 Å². The minimum absolute atomic E-state index is 0.289. The molecule has 0 N–H and O–H groups in total. The monoisotopic (exact) mass is 394 g/mol. The first-order valence-electron chi connectivity index (χ1n) is 10.0. The Bertz CT molecular complexity index is 600. The van der Waals surface area contributed by atoms with Crippen molar-refractivity contribution in [3.8, 4) is 0 Å². The first-order chi connectivity index (χ1) is 11.3. The van der Waals surface area contributed by atoms with Gasteiger partial charge in [0.2, 0.25) is 0 Å². The molecule has 0 fully saturated rings. The third-order valence-electron chi connectivity index (χ3n) is 4.83. The van der Waals surface area contributed by atoms with Crippen molar-refractivity contribution in [1.29, 1.82) is 0 Å². The standard InChI is InChI=1S/C24H44P2/c1-17-15-16-19(25(21(3,4)5)22(6,7)8)20(18(17)2)26(23(9,10)11)24(12,13)14/h15-16H,1-14H3. The molecule has 2 heteroatoms. The molecule has 0 aliphatic heterocycles. The van der Waals surface area contributed by atoms with E-state index in [2.05, 4.69) is 109 Å². The van der Waals surface area contributed by atoms with Gasteiger partial charge in [0.05, 0.1) is 0 Å². The molecule has 0 aliphatic rings. The Balaban J connectivity index is 3.97. The first-order valence-corrected chi connectivity index (χ1v) is 12.7. The molecule has 0 saturated heterocycles. The second kappa shape index (κ2) is 7.48. The number of rotatable bonds is 2. The number of hydrogen-bond acceptors (Lipinski definition) is 0. The summed E-state index contributed by atoms with van der Waals surface area (Å²) in [6.45, 7) is 34.0. The van der Waals surface area contributed by atoms with E-state index in [-0.39, 0.29) is 26.2 Å². The van der Waals surface area contributed by atoms with E-state index < -0.39 is 0 Å². The van der Waals surface area contributed by atoms with Crippen molar-refractivity contribution in [1.82, 2.24) is 0 Å². The summed E-state index contributed by atoms with van der Waals surface area (Å²) in [5.74, 6) is 0. The van der Waals surface area contributed by atoms with Gasteiger partial charge in [-0.3, -0.25) is 0 Å². The van der Waals surface area contributed by atoms with Gasteiger partial charge in [0.1, 0.15) is 0 Å². The molecular formula is C24H44P2. The van der Waals surface area contributed by atoms with Crippen molar-refractivity contribution >= 4 is 26.5 Å². The molecule has 0 aromatic heterocycles. The summed E-state index contributed by atoms with van der Waals surface area (Å²) in [5.41, 5.74) is 2.99. The van der Waals surface area contributed by atoms with Crippen LogP contribution in [0.2, 0.25) is 0 Å². The maximum Gasteiger partial charge on any atom is -0.0121 e. The summed E-state index contributed by atoms with van der Waals surface area (Å²) in [7, 11) is -0.604. The second-order valence-corrected chi connectivity index (χ2v) is 19.4. The quantitative estimate of drug-likeness (QED) is 0.451. The van der Waals surface area contributed by atoms with Crippen LogP contribution in [-0.4, -0.2) is 20.6 Å². The lowest BCUT2D eigenvalue weighted by atomic mass is 10.1. The Labute approximate surface area is 167 Å². The maximum absolute atomic E-state index is 2.49. The van der Waals surface area contributed by atoms with Gasteiger partial charge >= 0.3 is 0 Å². The predicted molar refractivity (Wildman–Crippen MR) is 128 cm³/mol. The molecule has 0 radical (unpaired) electrons. The van der Waals surface area contributed by atoms with E-state index in [1.807, 2.05) is 0 Å². The highest BCUT2D eigenvalue weighted by Gasteiger charge is 2.43. The molecule has 0 heterocycles. The second-order valence-electron chi connectivity index (χ2n) is 11.7. The summed E-state index contributed by atoms with van der Waals surface area (Å²) in [6, 6.07) is 4.87. The van der Waals surface area contributed by atoms with Crippen LogP contribution in [-0.2, 0) is 0 Å². The van der Waals surface area contributed by atoms with E-state index in [4.69, 9.17) is 0 Å². The van der Waals surface area contributed by atoms with Crippen molar-refractivity contribution in [3.63, 3.8) is 0 Å². The van der Waals surface area contributed by atoms with E-state index in [1.54, 1.807) is 16.2 Å². The van der Waals surface area contributed by atoms with Gasteiger partial charge in [0, 0.05) is 0 Å². The van der Waals surface area contributed by atoms with Crippen LogP contribution in [0.1, 0.15) is 94.2 Å². The molecule has 0 bridgehead atoms. The minimum atomic E-state index is -0.306. The Morgan fingerprint density at radius 3 is 1.19 bits per heavy atom. The Hall–Kier alpha value is 0.0800. The highest BCUT2D eigenvalue weighted by molar-refractivity contribution is 7.74. The summed E-state index contributed by atoms with van der Waals surface area (Å²) in [4.78, 5) is 0. The average Bonchev–Trinajstić information content (AvgIpc) is 2.31. The van der Waals surface area contributed by atoms with E-state index in [1.165, 1.54) is 5.56 Å². The van der Waals surface area contributed by atoms with Crippen molar-refractivity contribution in [2.24, 2.45) is 0 Å². The molecule has 1 aromatic rings. The van der Waals surface area contributed by atoms with Gasteiger partial charge in [0.25, 0.3) is 0 Å². The van der Waals surface area contributed by atoms with Gasteiger partial charge in [-0.15, -0.1) is 0 Å². The number of benzene rings is 1. The molecule has 0 atom stereocenters. The summed E-state index contributed by atoms with van der Waals surface area (Å²) in [5, 5.41) is 4.53. The van der Waals surface area contributed by atoms with Gasteiger partial charge in [-0.1, -0.05) is 111 Å². The van der Waals surface area contributed by atoms with Gasteiger partial charge in [-0.2, -0.15) is 0 Å². The Morgan fingerprint density at radius 2 is 0.885 bits per heavy atom. The largest absolute Gasteiger partial charge is 0.0636 e. The molecule has 0 aliphatic carbocycles. The lowest BCUT2D eigenvalue weighted by Gasteiger charge is -2.48. The summed E-state index contributed by atoms with van der Waals surface area (Å²) in [6.07, 6.45) is 0. The van der Waals surface area contributed by atoms with E-state index >= 15 is 0 Å². The van der Waals surface area contributed by atoms with Crippen LogP contribution in [0.4, 0.5) is 0 Å². The van der Waals surface area contributed by atoms with E-state index in [9.17, 15) is 0 Å².